The maximum atomic E-state index is 12.6. The van der Waals surface area contributed by atoms with Crippen molar-refractivity contribution in [1.82, 2.24) is 20.9 Å². The first-order valence-electron chi connectivity index (χ1n) is 9.15. The molecule has 5 heterocycles. The molecule has 0 spiro atoms. The molecule has 0 radical (unpaired) electrons. The van der Waals surface area contributed by atoms with E-state index in [4.69, 9.17) is 4.42 Å². The van der Waals surface area contributed by atoms with Gasteiger partial charge in [0.1, 0.15) is 5.69 Å². The fourth-order valence-electron chi connectivity index (χ4n) is 4.25. The maximum absolute atomic E-state index is 12.6. The second-order valence-corrected chi connectivity index (χ2v) is 7.28. The minimum Gasteiger partial charge on any atom is -0.438 e. The number of aromatic nitrogens is 1. The zero-order chi connectivity index (χ0) is 17.7. The van der Waals surface area contributed by atoms with Crippen molar-refractivity contribution < 1.29 is 14.0 Å². The van der Waals surface area contributed by atoms with E-state index in [1.54, 1.807) is 23.2 Å². The quantitative estimate of drug-likeness (QED) is 0.736. The topological polar surface area (TPSA) is 99.5 Å². The van der Waals surface area contributed by atoms with Gasteiger partial charge in [0.2, 0.25) is 11.8 Å². The lowest BCUT2D eigenvalue weighted by Crippen LogP contribution is -2.48. The molecule has 3 atom stereocenters. The van der Waals surface area contributed by atoms with E-state index in [2.05, 4.69) is 20.9 Å². The van der Waals surface area contributed by atoms with Gasteiger partial charge in [0.05, 0.1) is 12.7 Å². The maximum Gasteiger partial charge on any atom is 0.270 e. The van der Waals surface area contributed by atoms with Crippen LogP contribution in [0.5, 0.6) is 0 Å². The molecule has 2 amide bonds. The number of amides is 2. The molecule has 3 N–H and O–H groups in total. The molecule has 2 aromatic rings. The van der Waals surface area contributed by atoms with E-state index in [0.29, 0.717) is 42.3 Å². The van der Waals surface area contributed by atoms with Gasteiger partial charge < -0.3 is 20.4 Å². The zero-order valence-electron chi connectivity index (χ0n) is 14.3. The van der Waals surface area contributed by atoms with Crippen LogP contribution in [0.1, 0.15) is 29.8 Å². The first-order valence-corrected chi connectivity index (χ1v) is 9.15. The van der Waals surface area contributed by atoms with Crippen molar-refractivity contribution in [1.29, 1.82) is 0 Å². The number of rotatable bonds is 3. The second kappa shape index (κ2) is 6.07. The van der Waals surface area contributed by atoms with Crippen LogP contribution >= 0.6 is 0 Å². The van der Waals surface area contributed by atoms with Crippen LogP contribution < -0.4 is 20.9 Å². The molecule has 2 aromatic heterocycles. The summed E-state index contributed by atoms with van der Waals surface area (Å²) in [7, 11) is 0. The standard InChI is InChI=1S/C18H21N5O3/c24-16-9-19-3-4-23(16)17-6-10-5-14(20-8-15(10)26-17)18(25)22-13-7-11-1-2-12(13)21-11/h5-6,8,11-13,19,21H,1-4,7,9H2,(H,22,25)/t11-,12+,13-/m1/s1. The number of furan rings is 1. The SMILES string of the molecule is O=C(N[C@@H]1C[C@H]2CC[C@@H]1N2)c1cc2cc(N3CCNCC3=O)oc2cn1. The number of carbonyl (C=O) groups is 2. The summed E-state index contributed by atoms with van der Waals surface area (Å²) in [5.41, 5.74) is 0.948. The summed E-state index contributed by atoms with van der Waals surface area (Å²) < 4.78 is 5.76. The zero-order valence-corrected chi connectivity index (χ0v) is 14.3. The molecule has 3 aliphatic rings. The fraction of sp³-hybridized carbons (Fsp3) is 0.500. The number of piperazine rings is 1. The highest BCUT2D eigenvalue weighted by molar-refractivity contribution is 5.98. The third kappa shape index (κ3) is 2.65. The molecule has 0 aromatic carbocycles. The predicted molar refractivity (Wildman–Crippen MR) is 95.0 cm³/mol. The Hall–Kier alpha value is -2.45. The van der Waals surface area contributed by atoms with Crippen molar-refractivity contribution in [3.63, 3.8) is 0 Å². The molecular formula is C18H21N5O3. The average molecular weight is 355 g/mol. The summed E-state index contributed by atoms with van der Waals surface area (Å²) in [5.74, 6) is 0.320. The van der Waals surface area contributed by atoms with E-state index in [1.807, 2.05) is 0 Å². The van der Waals surface area contributed by atoms with Crippen molar-refractivity contribution in [2.45, 2.75) is 37.4 Å². The van der Waals surface area contributed by atoms with Gasteiger partial charge >= 0.3 is 0 Å². The minimum absolute atomic E-state index is 0.0231. The molecule has 0 aliphatic carbocycles. The van der Waals surface area contributed by atoms with Crippen LogP contribution in [0.25, 0.3) is 11.0 Å². The normalized spacial score (nSPS) is 28.1. The first kappa shape index (κ1) is 15.8. The summed E-state index contributed by atoms with van der Waals surface area (Å²) in [5, 5.41) is 10.4. The lowest BCUT2D eigenvalue weighted by atomic mass is 9.95. The number of carbonyl (C=O) groups excluding carboxylic acids is 2. The van der Waals surface area contributed by atoms with Crippen molar-refractivity contribution in [3.05, 3.63) is 24.0 Å². The molecule has 3 fully saturated rings. The Morgan fingerprint density at radius 2 is 2.27 bits per heavy atom. The number of nitrogens with one attached hydrogen (secondary N) is 3. The van der Waals surface area contributed by atoms with Crippen LogP contribution in [0.15, 0.2) is 22.7 Å². The van der Waals surface area contributed by atoms with Gasteiger partial charge in [0.25, 0.3) is 5.91 Å². The molecular weight excluding hydrogens is 334 g/mol. The average Bonchev–Trinajstić information content (AvgIpc) is 3.36. The van der Waals surface area contributed by atoms with Crippen LogP contribution in [-0.4, -0.2) is 54.6 Å². The Labute approximate surface area is 150 Å². The number of hydrogen-bond donors (Lipinski definition) is 3. The van der Waals surface area contributed by atoms with Gasteiger partial charge in [0, 0.05) is 42.7 Å². The smallest absolute Gasteiger partial charge is 0.270 e. The summed E-state index contributed by atoms with van der Waals surface area (Å²) in [6.45, 7) is 1.60. The van der Waals surface area contributed by atoms with Crippen LogP contribution in [0.4, 0.5) is 5.88 Å². The van der Waals surface area contributed by atoms with Crippen LogP contribution in [0, 0.1) is 0 Å². The van der Waals surface area contributed by atoms with Crippen LogP contribution in [0.2, 0.25) is 0 Å². The van der Waals surface area contributed by atoms with Crippen LogP contribution in [0.3, 0.4) is 0 Å². The van der Waals surface area contributed by atoms with Crippen molar-refractivity contribution in [2.24, 2.45) is 0 Å². The highest BCUT2D eigenvalue weighted by atomic mass is 16.4. The summed E-state index contributed by atoms with van der Waals surface area (Å²) >= 11 is 0. The first-order chi connectivity index (χ1) is 12.7. The summed E-state index contributed by atoms with van der Waals surface area (Å²) in [4.78, 5) is 30.5. The summed E-state index contributed by atoms with van der Waals surface area (Å²) in [6, 6.07) is 4.62. The molecule has 3 aliphatic heterocycles. The predicted octanol–water partition coefficient (Wildman–Crippen LogP) is 0.387. The Morgan fingerprint density at radius 1 is 1.35 bits per heavy atom. The lowest BCUT2D eigenvalue weighted by Gasteiger charge is -2.24. The highest BCUT2D eigenvalue weighted by Crippen LogP contribution is 2.29. The molecule has 8 nitrogen and oxygen atoms in total. The molecule has 26 heavy (non-hydrogen) atoms. The van der Waals surface area contributed by atoms with Gasteiger partial charge in [-0.2, -0.15) is 0 Å². The van der Waals surface area contributed by atoms with E-state index in [1.165, 1.54) is 6.42 Å². The van der Waals surface area contributed by atoms with Gasteiger partial charge in [-0.1, -0.05) is 0 Å². The molecule has 136 valence electrons. The van der Waals surface area contributed by atoms with Crippen molar-refractivity contribution in [3.8, 4) is 0 Å². The van der Waals surface area contributed by atoms with E-state index in [0.717, 1.165) is 24.8 Å². The third-order valence-corrected chi connectivity index (χ3v) is 5.60. The number of anilines is 1. The van der Waals surface area contributed by atoms with Gasteiger partial charge in [-0.25, -0.2) is 4.98 Å². The Kier molecular flexibility index (Phi) is 3.68. The summed E-state index contributed by atoms with van der Waals surface area (Å²) in [6.07, 6.45) is 4.86. The number of fused-ring (bicyclic) bond motifs is 3. The van der Waals surface area contributed by atoms with Crippen molar-refractivity contribution in [2.75, 3.05) is 24.5 Å². The lowest BCUT2D eigenvalue weighted by molar-refractivity contribution is -0.118. The van der Waals surface area contributed by atoms with Crippen molar-refractivity contribution >= 4 is 28.7 Å². The van der Waals surface area contributed by atoms with E-state index in [9.17, 15) is 9.59 Å². The number of pyridine rings is 1. The van der Waals surface area contributed by atoms with Gasteiger partial charge in [-0.05, 0) is 25.3 Å². The number of hydrogen-bond acceptors (Lipinski definition) is 6. The molecule has 2 bridgehead atoms. The molecule has 5 rings (SSSR count). The van der Waals surface area contributed by atoms with E-state index < -0.39 is 0 Å². The Balaban J connectivity index is 1.36. The van der Waals surface area contributed by atoms with E-state index in [-0.39, 0.29) is 17.9 Å². The Morgan fingerprint density at radius 3 is 3.04 bits per heavy atom. The fourth-order valence-corrected chi connectivity index (χ4v) is 4.25. The Bertz CT molecular complexity index is 879. The second-order valence-electron chi connectivity index (χ2n) is 7.28. The van der Waals surface area contributed by atoms with Gasteiger partial charge in [-0.15, -0.1) is 0 Å². The molecule has 3 saturated heterocycles. The molecule has 0 unspecified atom stereocenters. The van der Waals surface area contributed by atoms with E-state index >= 15 is 0 Å². The molecule has 0 saturated carbocycles. The van der Waals surface area contributed by atoms with Gasteiger partial charge in [0.15, 0.2) is 5.58 Å². The largest absolute Gasteiger partial charge is 0.438 e. The molecule has 8 heteroatoms. The monoisotopic (exact) mass is 355 g/mol. The third-order valence-electron chi connectivity index (χ3n) is 5.60. The van der Waals surface area contributed by atoms with Crippen LogP contribution in [-0.2, 0) is 4.79 Å². The number of nitrogens with zero attached hydrogens (tertiary/aromatic N) is 2. The highest BCUT2D eigenvalue weighted by Gasteiger charge is 2.39. The van der Waals surface area contributed by atoms with Gasteiger partial charge in [-0.3, -0.25) is 14.5 Å². The minimum atomic E-state index is -0.160.